The van der Waals surface area contributed by atoms with Gasteiger partial charge >= 0.3 is 6.18 Å². The summed E-state index contributed by atoms with van der Waals surface area (Å²) in [5, 5.41) is 2.98. The maximum Gasteiger partial charge on any atom is 0.451 e. The Morgan fingerprint density at radius 3 is 2.55 bits per heavy atom. The van der Waals surface area contributed by atoms with Gasteiger partial charge in [0.05, 0.1) is 11.6 Å². The van der Waals surface area contributed by atoms with Crippen LogP contribution in [0.5, 0.6) is 0 Å². The number of alkyl halides is 3. The summed E-state index contributed by atoms with van der Waals surface area (Å²) >= 11 is 0. The van der Waals surface area contributed by atoms with E-state index >= 15 is 0 Å². The van der Waals surface area contributed by atoms with Crippen LogP contribution in [-0.2, 0) is 10.9 Å². The summed E-state index contributed by atoms with van der Waals surface area (Å²) in [5.41, 5.74) is 1.62. The molecule has 1 saturated heterocycles. The summed E-state index contributed by atoms with van der Waals surface area (Å²) in [6, 6.07) is 1.32. The first-order valence-electron chi connectivity index (χ1n) is 6.07. The smallest absolute Gasteiger partial charge is 0.376 e. The number of hydrogen-bond acceptors (Lipinski definition) is 6. The molecule has 0 aromatic carbocycles. The van der Waals surface area contributed by atoms with Crippen LogP contribution in [0.2, 0.25) is 0 Å². The highest BCUT2D eigenvalue weighted by molar-refractivity contribution is 5.49. The van der Waals surface area contributed by atoms with E-state index in [4.69, 9.17) is 10.6 Å². The standard InChI is InChI=1S/C11H16F3N5O/c1-6-10(2,3-4-20-6)18-7-5-8(19-15)17-9(16-7)11(12,13)14/h5-6H,3-4,15H2,1-2H3,(H2,16,17,18,19). The Morgan fingerprint density at radius 1 is 1.40 bits per heavy atom. The van der Waals surface area contributed by atoms with Crippen LogP contribution in [0.25, 0.3) is 0 Å². The van der Waals surface area contributed by atoms with Crippen molar-refractivity contribution in [2.45, 2.75) is 38.1 Å². The van der Waals surface area contributed by atoms with E-state index in [1.165, 1.54) is 6.07 Å². The number of nitrogens with zero attached hydrogens (tertiary/aromatic N) is 2. The van der Waals surface area contributed by atoms with E-state index in [0.717, 1.165) is 0 Å². The normalized spacial score (nSPS) is 26.6. The molecule has 112 valence electrons. The molecule has 2 rings (SSSR count). The van der Waals surface area contributed by atoms with E-state index in [1.807, 2.05) is 13.8 Å². The van der Waals surface area contributed by atoms with Crippen LogP contribution in [0, 0.1) is 0 Å². The summed E-state index contributed by atoms with van der Waals surface area (Å²) in [6.07, 6.45) is -4.10. The molecule has 6 nitrogen and oxygen atoms in total. The second-order valence-corrected chi connectivity index (χ2v) is 4.91. The van der Waals surface area contributed by atoms with Crippen molar-refractivity contribution in [2.75, 3.05) is 17.3 Å². The van der Waals surface area contributed by atoms with Gasteiger partial charge in [-0.3, -0.25) is 0 Å². The minimum Gasteiger partial charge on any atom is -0.376 e. The largest absolute Gasteiger partial charge is 0.451 e. The Balaban J connectivity index is 2.32. The van der Waals surface area contributed by atoms with Gasteiger partial charge in [-0.05, 0) is 20.3 Å². The highest BCUT2D eigenvalue weighted by Crippen LogP contribution is 2.32. The van der Waals surface area contributed by atoms with Gasteiger partial charge in [0.15, 0.2) is 0 Å². The molecule has 0 radical (unpaired) electrons. The third kappa shape index (κ3) is 2.93. The fourth-order valence-corrected chi connectivity index (χ4v) is 2.00. The molecule has 9 heteroatoms. The summed E-state index contributed by atoms with van der Waals surface area (Å²) in [4.78, 5) is 6.79. The second kappa shape index (κ2) is 5.06. The van der Waals surface area contributed by atoms with Crippen LogP contribution in [0.3, 0.4) is 0 Å². The molecule has 0 amide bonds. The van der Waals surface area contributed by atoms with Gasteiger partial charge in [0.1, 0.15) is 11.6 Å². The van der Waals surface area contributed by atoms with Crippen molar-refractivity contribution in [3.63, 3.8) is 0 Å². The number of ether oxygens (including phenoxy) is 1. The SMILES string of the molecule is CC1OCCC1(C)Nc1cc(NN)nc(C(F)(F)F)n1. The van der Waals surface area contributed by atoms with E-state index in [-0.39, 0.29) is 17.7 Å². The molecule has 2 atom stereocenters. The average Bonchev–Trinajstić information content (AvgIpc) is 2.67. The maximum atomic E-state index is 12.7. The first kappa shape index (κ1) is 14.8. The second-order valence-electron chi connectivity index (χ2n) is 4.91. The lowest BCUT2D eigenvalue weighted by atomic mass is 9.95. The molecule has 2 heterocycles. The zero-order valence-electron chi connectivity index (χ0n) is 11.1. The lowest BCUT2D eigenvalue weighted by Gasteiger charge is -2.29. The quantitative estimate of drug-likeness (QED) is 0.581. The summed E-state index contributed by atoms with van der Waals surface area (Å²) in [7, 11) is 0. The monoisotopic (exact) mass is 291 g/mol. The highest BCUT2D eigenvalue weighted by atomic mass is 19.4. The van der Waals surface area contributed by atoms with E-state index in [1.54, 1.807) is 0 Å². The van der Waals surface area contributed by atoms with Gasteiger partial charge in [-0.25, -0.2) is 15.8 Å². The van der Waals surface area contributed by atoms with Crippen LogP contribution in [-0.4, -0.2) is 28.2 Å². The fourth-order valence-electron chi connectivity index (χ4n) is 2.00. The van der Waals surface area contributed by atoms with Crippen molar-refractivity contribution in [1.29, 1.82) is 0 Å². The lowest BCUT2D eigenvalue weighted by Crippen LogP contribution is -2.41. The number of aromatic nitrogens is 2. The third-order valence-electron chi connectivity index (χ3n) is 3.43. The number of rotatable bonds is 3. The fraction of sp³-hybridized carbons (Fsp3) is 0.636. The van der Waals surface area contributed by atoms with Crippen molar-refractivity contribution < 1.29 is 17.9 Å². The Bertz CT molecular complexity index is 495. The number of nitrogen functional groups attached to an aromatic ring is 1. The molecule has 1 aromatic rings. The predicted molar refractivity (Wildman–Crippen MR) is 66.9 cm³/mol. The molecule has 1 fully saturated rings. The average molecular weight is 291 g/mol. The molecular weight excluding hydrogens is 275 g/mol. The number of halogens is 3. The molecule has 0 aliphatic carbocycles. The van der Waals surface area contributed by atoms with Crippen molar-refractivity contribution in [3.8, 4) is 0 Å². The van der Waals surface area contributed by atoms with E-state index < -0.39 is 17.5 Å². The topological polar surface area (TPSA) is 85.1 Å². The van der Waals surface area contributed by atoms with Gasteiger partial charge in [-0.1, -0.05) is 0 Å². The zero-order valence-corrected chi connectivity index (χ0v) is 11.1. The van der Waals surface area contributed by atoms with Gasteiger partial charge in [-0.15, -0.1) is 0 Å². The van der Waals surface area contributed by atoms with Gasteiger partial charge < -0.3 is 15.5 Å². The van der Waals surface area contributed by atoms with Gasteiger partial charge in [0.2, 0.25) is 5.82 Å². The number of hydrogen-bond donors (Lipinski definition) is 3. The van der Waals surface area contributed by atoms with Crippen molar-refractivity contribution in [1.82, 2.24) is 9.97 Å². The van der Waals surface area contributed by atoms with E-state index in [9.17, 15) is 13.2 Å². The molecule has 0 saturated carbocycles. The first-order chi connectivity index (χ1) is 9.24. The van der Waals surface area contributed by atoms with Crippen LogP contribution in [0.4, 0.5) is 24.8 Å². The molecule has 0 spiro atoms. The number of nitrogens with one attached hydrogen (secondary N) is 2. The number of nitrogens with two attached hydrogens (primary N) is 1. The Hall–Kier alpha value is -1.61. The molecule has 0 bridgehead atoms. The Labute approximate surface area is 113 Å². The zero-order chi connectivity index (χ0) is 15.0. The van der Waals surface area contributed by atoms with E-state index in [2.05, 4.69) is 20.7 Å². The summed E-state index contributed by atoms with van der Waals surface area (Å²) < 4.78 is 43.6. The van der Waals surface area contributed by atoms with Crippen LogP contribution in [0.1, 0.15) is 26.1 Å². The van der Waals surface area contributed by atoms with Crippen LogP contribution >= 0.6 is 0 Å². The van der Waals surface area contributed by atoms with Crippen molar-refractivity contribution in [2.24, 2.45) is 5.84 Å². The Kier molecular flexibility index (Phi) is 3.74. The maximum absolute atomic E-state index is 12.7. The Morgan fingerprint density at radius 2 is 2.05 bits per heavy atom. The molecule has 1 aliphatic heterocycles. The van der Waals surface area contributed by atoms with E-state index in [0.29, 0.717) is 13.0 Å². The van der Waals surface area contributed by atoms with Crippen LogP contribution in [0.15, 0.2) is 6.07 Å². The lowest BCUT2D eigenvalue weighted by molar-refractivity contribution is -0.144. The molecule has 2 unspecified atom stereocenters. The van der Waals surface area contributed by atoms with Crippen molar-refractivity contribution in [3.05, 3.63) is 11.9 Å². The predicted octanol–water partition coefficient (Wildman–Crippen LogP) is 1.76. The summed E-state index contributed by atoms with van der Waals surface area (Å²) in [6.45, 7) is 4.27. The minimum absolute atomic E-state index is 0.0557. The van der Waals surface area contributed by atoms with Crippen molar-refractivity contribution >= 4 is 11.6 Å². The number of hydrazine groups is 1. The third-order valence-corrected chi connectivity index (χ3v) is 3.43. The molecular formula is C11H16F3N5O. The summed E-state index contributed by atoms with van der Waals surface area (Å²) in [5.74, 6) is 3.84. The molecule has 4 N–H and O–H groups in total. The first-order valence-corrected chi connectivity index (χ1v) is 6.07. The molecule has 1 aromatic heterocycles. The molecule has 1 aliphatic rings. The highest BCUT2D eigenvalue weighted by Gasteiger charge is 2.39. The number of anilines is 2. The van der Waals surface area contributed by atoms with Gasteiger partial charge in [0, 0.05) is 12.7 Å². The van der Waals surface area contributed by atoms with Crippen LogP contribution < -0.4 is 16.6 Å². The van der Waals surface area contributed by atoms with Gasteiger partial charge in [-0.2, -0.15) is 13.2 Å². The minimum atomic E-state index is -4.64. The van der Waals surface area contributed by atoms with Gasteiger partial charge in [0.25, 0.3) is 0 Å². The molecule has 20 heavy (non-hydrogen) atoms.